The Morgan fingerprint density at radius 1 is 0.263 bits per heavy atom. The van der Waals surface area contributed by atoms with Gasteiger partial charge in [0.25, 0.3) is 0 Å². The van der Waals surface area contributed by atoms with Crippen molar-refractivity contribution in [1.29, 1.82) is 0 Å². The van der Waals surface area contributed by atoms with E-state index in [0.29, 0.717) is 26.2 Å². The van der Waals surface area contributed by atoms with E-state index in [-0.39, 0.29) is 0 Å². The number of aliphatic hydroxyl groups excluding tert-OH is 4. The highest BCUT2D eigenvalue weighted by Crippen LogP contribution is 2.15. The topological polar surface area (TPSA) is 90.6 Å². The van der Waals surface area contributed by atoms with E-state index in [1.165, 1.54) is 103 Å². The molecule has 0 amide bonds. The second-order valence-electron chi connectivity index (χ2n) is 22.3. The number of allylic oxidation sites excluding steroid dienone is 16. The van der Waals surface area contributed by atoms with E-state index < -0.39 is 24.4 Å². The second-order valence-corrected chi connectivity index (χ2v) is 22.3. The number of likely N-dealkylation sites (N-methyl/N-ethyl adjacent to an activating group) is 1. The molecule has 0 saturated carbocycles. The summed E-state index contributed by atoms with van der Waals surface area (Å²) in [6, 6.07) is 0. The lowest BCUT2D eigenvalue weighted by Gasteiger charge is -2.31. The Morgan fingerprint density at radius 2 is 0.474 bits per heavy atom. The molecule has 0 aromatic carbocycles. The first kappa shape index (κ1) is 73.6. The monoisotopic (exact) mass is 1060 g/mol. The number of unbranched alkanes of at least 4 members (excludes halogenated alkanes) is 20. The van der Waals surface area contributed by atoms with Gasteiger partial charge in [-0.15, -0.1) is 0 Å². The first-order valence-electron chi connectivity index (χ1n) is 32.3. The Morgan fingerprint density at radius 3 is 0.697 bits per heavy atom. The fourth-order valence-corrected chi connectivity index (χ4v) is 9.48. The molecule has 0 aromatic heterocycles. The van der Waals surface area contributed by atoms with Crippen LogP contribution in [0.15, 0.2) is 97.2 Å². The molecule has 0 aliphatic heterocycles. The maximum atomic E-state index is 11.3. The second kappa shape index (κ2) is 60.3. The number of hydrogen-bond acceptors (Lipinski definition) is 7. The molecule has 0 rings (SSSR count). The van der Waals surface area contributed by atoms with E-state index >= 15 is 0 Å². The molecule has 0 aromatic rings. The Kier molecular flexibility index (Phi) is 58.4. The van der Waals surface area contributed by atoms with Crippen molar-refractivity contribution in [3.8, 4) is 0 Å². The third-order valence-electron chi connectivity index (χ3n) is 14.3. The molecule has 7 nitrogen and oxygen atoms in total. The highest BCUT2D eigenvalue weighted by Gasteiger charge is 2.19. The van der Waals surface area contributed by atoms with Gasteiger partial charge >= 0.3 is 0 Å². The molecule has 0 fully saturated rings. The van der Waals surface area contributed by atoms with Gasteiger partial charge in [-0.1, -0.05) is 228 Å². The van der Waals surface area contributed by atoms with Crippen molar-refractivity contribution in [3.63, 3.8) is 0 Å². The smallest absolute Gasteiger partial charge is 0.0667 e. The van der Waals surface area contributed by atoms with E-state index in [0.717, 1.165) is 155 Å². The number of rotatable bonds is 58. The van der Waals surface area contributed by atoms with Crippen LogP contribution in [-0.2, 0) is 0 Å². The van der Waals surface area contributed by atoms with Crippen molar-refractivity contribution in [3.05, 3.63) is 97.2 Å². The minimum Gasteiger partial charge on any atom is -0.392 e. The lowest BCUT2D eigenvalue weighted by Crippen LogP contribution is -2.44. The molecule has 4 unspecified atom stereocenters. The lowest BCUT2D eigenvalue weighted by molar-refractivity contribution is 0.0492. The Hall–Kier alpha value is -2.36. The standard InChI is InChI=1S/C69H127N3O4/c1-6-10-14-18-22-26-30-34-38-42-46-50-54-66(73)62-71(63-67(74)55-51-47-43-39-35-31-27-23-19-15-11-7-2)60-58-70(5)59-61-72(64-68(75)56-52-48-44-40-36-32-28-24-20-16-12-8-3)65-69(76)57-53-49-45-41-37-33-29-25-21-17-13-9-4/h14-21,26-33,66-69,73-76H,6-13,22-25,34-65H2,1-5H3/b18-14-,19-15-,20-16-,21-17-,30-26-,31-27-,32-28-,33-29-. The molecule has 0 spiro atoms. The molecule has 4 N–H and O–H groups in total. The first-order valence-corrected chi connectivity index (χ1v) is 32.3. The predicted molar refractivity (Wildman–Crippen MR) is 336 cm³/mol. The van der Waals surface area contributed by atoms with Crippen LogP contribution in [-0.4, -0.2) is 119 Å². The van der Waals surface area contributed by atoms with Gasteiger partial charge in [-0.05, 0) is 135 Å². The highest BCUT2D eigenvalue weighted by atomic mass is 16.3. The zero-order valence-electron chi connectivity index (χ0n) is 50.8. The van der Waals surface area contributed by atoms with Gasteiger partial charge in [-0.3, -0.25) is 9.80 Å². The molecular formula is C69H127N3O4. The van der Waals surface area contributed by atoms with Crippen molar-refractivity contribution in [2.24, 2.45) is 0 Å². The maximum Gasteiger partial charge on any atom is 0.0667 e. The average Bonchev–Trinajstić information content (AvgIpc) is 3.40. The zero-order chi connectivity index (χ0) is 55.5. The zero-order valence-corrected chi connectivity index (χ0v) is 50.8. The summed E-state index contributed by atoms with van der Waals surface area (Å²) in [6.07, 6.45) is 74.6. The number of hydrogen-bond donors (Lipinski definition) is 4. The van der Waals surface area contributed by atoms with Crippen LogP contribution in [0.5, 0.6) is 0 Å². The maximum absolute atomic E-state index is 11.3. The van der Waals surface area contributed by atoms with Gasteiger partial charge in [0, 0.05) is 52.4 Å². The Balaban J connectivity index is 5.34. The van der Waals surface area contributed by atoms with Crippen molar-refractivity contribution >= 4 is 0 Å². The van der Waals surface area contributed by atoms with E-state index in [9.17, 15) is 20.4 Å². The van der Waals surface area contributed by atoms with Crippen molar-refractivity contribution < 1.29 is 20.4 Å². The van der Waals surface area contributed by atoms with Crippen LogP contribution in [0.2, 0.25) is 0 Å². The van der Waals surface area contributed by atoms with Crippen LogP contribution < -0.4 is 0 Å². The molecule has 0 heterocycles. The minimum absolute atomic E-state index is 0.403. The van der Waals surface area contributed by atoms with E-state index in [1.54, 1.807) is 0 Å². The van der Waals surface area contributed by atoms with E-state index in [4.69, 9.17) is 0 Å². The third kappa shape index (κ3) is 56.4. The highest BCUT2D eigenvalue weighted by molar-refractivity contribution is 4.95. The van der Waals surface area contributed by atoms with E-state index in [2.05, 4.69) is 147 Å². The summed E-state index contributed by atoms with van der Waals surface area (Å²) in [6.45, 7) is 14.4. The van der Waals surface area contributed by atoms with E-state index in [1.807, 2.05) is 0 Å². The fourth-order valence-electron chi connectivity index (χ4n) is 9.48. The van der Waals surface area contributed by atoms with Crippen LogP contribution in [0.1, 0.15) is 259 Å². The summed E-state index contributed by atoms with van der Waals surface area (Å²) >= 11 is 0. The average molecular weight is 1060 g/mol. The molecule has 442 valence electrons. The van der Waals surface area contributed by atoms with Crippen molar-refractivity contribution in [2.75, 3.05) is 59.4 Å². The minimum atomic E-state index is -0.403. The number of aliphatic hydroxyl groups is 4. The van der Waals surface area contributed by atoms with Crippen molar-refractivity contribution in [2.45, 2.75) is 283 Å². The molecule has 0 aliphatic rings. The van der Waals surface area contributed by atoms with Gasteiger partial charge in [0.15, 0.2) is 0 Å². The van der Waals surface area contributed by atoms with Crippen LogP contribution in [0.3, 0.4) is 0 Å². The Bertz CT molecular complexity index is 1220. The SMILES string of the molecule is CCC/C=C\C/C=C\CCCCCCC(O)CN(CCN(C)CCN(CC(O)CCCCCC/C=C\C/C=C\CCC)CC(O)CCCCCC/C=C\C/C=C\CCC)CC(O)CCCCCC/C=C\C/C=C\CCC. The predicted octanol–water partition coefficient (Wildman–Crippen LogP) is 17.5. The summed E-state index contributed by atoms with van der Waals surface area (Å²) in [5, 5.41) is 45.2. The summed E-state index contributed by atoms with van der Waals surface area (Å²) in [5.74, 6) is 0. The van der Waals surface area contributed by atoms with Crippen LogP contribution in [0, 0.1) is 0 Å². The van der Waals surface area contributed by atoms with Crippen LogP contribution in [0.25, 0.3) is 0 Å². The Labute approximate surface area is 472 Å². The van der Waals surface area contributed by atoms with Crippen LogP contribution >= 0.6 is 0 Å². The first-order chi connectivity index (χ1) is 37.2. The molecule has 7 heteroatoms. The number of nitrogens with zero attached hydrogens (tertiary/aromatic N) is 3. The normalized spacial score (nSPS) is 14.6. The molecule has 4 atom stereocenters. The summed E-state index contributed by atoms with van der Waals surface area (Å²) < 4.78 is 0. The van der Waals surface area contributed by atoms with Crippen LogP contribution in [0.4, 0.5) is 0 Å². The van der Waals surface area contributed by atoms with Gasteiger partial charge in [-0.25, -0.2) is 0 Å². The van der Waals surface area contributed by atoms with Gasteiger partial charge in [0.1, 0.15) is 0 Å². The summed E-state index contributed by atoms with van der Waals surface area (Å²) in [7, 11) is 2.17. The van der Waals surface area contributed by atoms with Gasteiger partial charge < -0.3 is 25.3 Å². The molecule has 0 saturated heterocycles. The quantitative estimate of drug-likeness (QED) is 0.0356. The molecule has 0 bridgehead atoms. The van der Waals surface area contributed by atoms with Gasteiger partial charge in [0.2, 0.25) is 0 Å². The molecule has 0 aliphatic carbocycles. The van der Waals surface area contributed by atoms with Crippen molar-refractivity contribution in [1.82, 2.24) is 14.7 Å². The summed E-state index contributed by atoms with van der Waals surface area (Å²) in [5.41, 5.74) is 0. The third-order valence-corrected chi connectivity index (χ3v) is 14.3. The largest absolute Gasteiger partial charge is 0.392 e. The molecular weight excluding hydrogens is 935 g/mol. The van der Waals surface area contributed by atoms with Gasteiger partial charge in [-0.2, -0.15) is 0 Å². The lowest BCUT2D eigenvalue weighted by atomic mass is 10.1. The molecule has 0 radical (unpaired) electrons. The van der Waals surface area contributed by atoms with Gasteiger partial charge in [0.05, 0.1) is 24.4 Å². The summed E-state index contributed by atoms with van der Waals surface area (Å²) in [4.78, 5) is 6.97. The molecule has 76 heavy (non-hydrogen) atoms. The fraction of sp³-hybridized carbons (Fsp3) is 0.768.